The van der Waals surface area contributed by atoms with Crippen LogP contribution >= 0.6 is 0 Å². The van der Waals surface area contributed by atoms with Crippen molar-refractivity contribution in [3.63, 3.8) is 0 Å². The molecule has 10 heteroatoms. The van der Waals surface area contributed by atoms with Crippen molar-refractivity contribution in [1.82, 2.24) is 24.4 Å². The van der Waals surface area contributed by atoms with Crippen LogP contribution in [-0.2, 0) is 14.2 Å². The summed E-state index contributed by atoms with van der Waals surface area (Å²) in [7, 11) is 0. The normalized spacial score (nSPS) is 28.7. The first-order valence-electron chi connectivity index (χ1n) is 10.2. The van der Waals surface area contributed by atoms with Gasteiger partial charge < -0.3 is 25.7 Å². The van der Waals surface area contributed by atoms with Crippen molar-refractivity contribution in [3.05, 3.63) is 12.7 Å². The second-order valence-electron chi connectivity index (χ2n) is 8.65. The third-order valence-corrected chi connectivity index (χ3v) is 5.29. The lowest BCUT2D eigenvalue weighted by Crippen LogP contribution is -2.43. The van der Waals surface area contributed by atoms with Gasteiger partial charge in [-0.05, 0) is 19.8 Å². The Morgan fingerprint density at radius 3 is 2.69 bits per heavy atom. The molecule has 2 fully saturated rings. The molecule has 4 atom stereocenters. The summed E-state index contributed by atoms with van der Waals surface area (Å²) in [6.07, 6.45) is 2.07. The van der Waals surface area contributed by atoms with E-state index < -0.39 is 12.0 Å². The molecule has 0 saturated carbocycles. The van der Waals surface area contributed by atoms with E-state index in [1.165, 1.54) is 6.33 Å². The number of imidazole rings is 1. The van der Waals surface area contributed by atoms with Crippen LogP contribution in [0, 0.1) is 5.92 Å². The quantitative estimate of drug-likeness (QED) is 0.686. The Morgan fingerprint density at radius 1 is 1.21 bits per heavy atom. The van der Waals surface area contributed by atoms with E-state index in [9.17, 15) is 0 Å². The summed E-state index contributed by atoms with van der Waals surface area (Å²) in [6.45, 7) is 11.3. The Bertz CT molecular complexity index is 855. The number of nitrogens with zero attached hydrogens (tertiary/aromatic N) is 5. The lowest BCUT2D eigenvalue weighted by atomic mass is 10.1. The molecule has 160 valence electrons. The first-order valence-corrected chi connectivity index (χ1v) is 10.2. The highest BCUT2D eigenvalue weighted by molar-refractivity contribution is 5.81. The Labute approximate surface area is 170 Å². The van der Waals surface area contributed by atoms with Gasteiger partial charge in [-0.1, -0.05) is 13.8 Å². The number of anilines is 1. The molecule has 0 amide bonds. The van der Waals surface area contributed by atoms with Gasteiger partial charge in [0.15, 0.2) is 23.5 Å². The van der Waals surface area contributed by atoms with Crippen LogP contribution in [0.25, 0.3) is 11.2 Å². The van der Waals surface area contributed by atoms with Gasteiger partial charge in [0, 0.05) is 26.2 Å². The topological polar surface area (TPSA) is 127 Å². The molecule has 0 bridgehead atoms. The van der Waals surface area contributed by atoms with E-state index >= 15 is 0 Å². The van der Waals surface area contributed by atoms with E-state index in [-0.39, 0.29) is 18.3 Å². The summed E-state index contributed by atoms with van der Waals surface area (Å²) in [5, 5.41) is 0. The van der Waals surface area contributed by atoms with Crippen LogP contribution in [0.5, 0.6) is 0 Å². The van der Waals surface area contributed by atoms with Crippen molar-refractivity contribution in [2.24, 2.45) is 11.7 Å². The fourth-order valence-corrected chi connectivity index (χ4v) is 4.30. The van der Waals surface area contributed by atoms with Gasteiger partial charge in [0.2, 0.25) is 0 Å². The zero-order chi connectivity index (χ0) is 20.8. The number of hydrogen-bond donors (Lipinski definition) is 2. The average Bonchev–Trinajstić information content (AvgIpc) is 3.27. The van der Waals surface area contributed by atoms with Gasteiger partial charge in [-0.2, -0.15) is 0 Å². The molecule has 2 saturated heterocycles. The maximum atomic E-state index is 6.46. The van der Waals surface area contributed by atoms with Crippen LogP contribution in [0.15, 0.2) is 12.7 Å². The van der Waals surface area contributed by atoms with Crippen molar-refractivity contribution in [3.8, 4) is 0 Å². The van der Waals surface area contributed by atoms with Crippen LogP contribution in [0.3, 0.4) is 0 Å². The second kappa shape index (κ2) is 7.77. The summed E-state index contributed by atoms with van der Waals surface area (Å²) in [4.78, 5) is 15.1. The van der Waals surface area contributed by atoms with E-state index in [1.807, 2.05) is 18.4 Å². The third kappa shape index (κ3) is 3.95. The van der Waals surface area contributed by atoms with Crippen molar-refractivity contribution >= 4 is 17.0 Å². The number of hydrogen-bond acceptors (Lipinski definition) is 9. The third-order valence-electron chi connectivity index (χ3n) is 5.29. The standard InChI is InChI=1S/C19H31N7O3/c1-11(2)7-25(6-5-20)8-12-14-15(29-19(3,4)28-14)18(27-12)26-10-24-13-16(21)22-9-23-17(13)26/h9-12,14-15,18H,5-8,20H2,1-4H3,(H2,21,22,23)/t12-,14-,15?,18-/m1/s1. The molecule has 0 aromatic carbocycles. The highest BCUT2D eigenvalue weighted by Gasteiger charge is 2.56. The van der Waals surface area contributed by atoms with E-state index in [0.717, 1.165) is 19.6 Å². The Kier molecular flexibility index (Phi) is 5.47. The number of nitrogens with two attached hydrogens (primary N) is 2. The summed E-state index contributed by atoms with van der Waals surface area (Å²) in [6, 6.07) is 0. The van der Waals surface area contributed by atoms with E-state index in [2.05, 4.69) is 33.7 Å². The van der Waals surface area contributed by atoms with Crippen molar-refractivity contribution < 1.29 is 14.2 Å². The Hall–Kier alpha value is -1.85. The molecule has 0 aliphatic carbocycles. The van der Waals surface area contributed by atoms with Gasteiger partial charge in [-0.25, -0.2) is 15.0 Å². The summed E-state index contributed by atoms with van der Waals surface area (Å²) in [5.41, 5.74) is 13.0. The van der Waals surface area contributed by atoms with E-state index in [0.29, 0.717) is 29.4 Å². The van der Waals surface area contributed by atoms with E-state index in [4.69, 9.17) is 25.7 Å². The molecular weight excluding hydrogens is 374 g/mol. The molecule has 2 aromatic heterocycles. The van der Waals surface area contributed by atoms with Gasteiger partial charge in [-0.3, -0.25) is 9.47 Å². The predicted octanol–water partition coefficient (Wildman–Crippen LogP) is 0.743. The number of fused-ring (bicyclic) bond motifs is 2. The van der Waals surface area contributed by atoms with Gasteiger partial charge >= 0.3 is 0 Å². The highest BCUT2D eigenvalue weighted by Crippen LogP contribution is 2.44. The average molecular weight is 406 g/mol. The molecule has 10 nitrogen and oxygen atoms in total. The Morgan fingerprint density at radius 2 is 1.97 bits per heavy atom. The molecule has 1 unspecified atom stereocenters. The lowest BCUT2D eigenvalue weighted by molar-refractivity contribution is -0.198. The SMILES string of the molecule is CC(C)CN(CCN)C[C@H]1O[C@@H](n2cnc3c(N)ncnc32)C2OC(C)(C)O[C@@H]21. The van der Waals surface area contributed by atoms with E-state index in [1.54, 1.807) is 6.33 Å². The predicted molar refractivity (Wildman–Crippen MR) is 108 cm³/mol. The molecule has 2 aliphatic heterocycles. The zero-order valence-corrected chi connectivity index (χ0v) is 17.5. The molecule has 4 N–H and O–H groups in total. The number of ether oxygens (including phenoxy) is 3. The van der Waals surface area contributed by atoms with Crippen molar-refractivity contribution in [1.29, 1.82) is 0 Å². The van der Waals surface area contributed by atoms with Gasteiger partial charge in [0.05, 0.1) is 6.33 Å². The molecule has 0 radical (unpaired) electrons. The molecule has 2 aliphatic rings. The number of rotatable bonds is 7. The summed E-state index contributed by atoms with van der Waals surface area (Å²) >= 11 is 0. The van der Waals surface area contributed by atoms with Crippen LogP contribution in [0.4, 0.5) is 5.82 Å². The fraction of sp³-hybridized carbons (Fsp3) is 0.737. The van der Waals surface area contributed by atoms with Crippen molar-refractivity contribution in [2.75, 3.05) is 31.9 Å². The summed E-state index contributed by atoms with van der Waals surface area (Å²) in [5.74, 6) is 0.190. The monoisotopic (exact) mass is 405 g/mol. The maximum Gasteiger partial charge on any atom is 0.167 e. The lowest BCUT2D eigenvalue weighted by Gasteiger charge is -2.29. The largest absolute Gasteiger partial charge is 0.382 e. The smallest absolute Gasteiger partial charge is 0.167 e. The van der Waals surface area contributed by atoms with Gasteiger partial charge in [0.25, 0.3) is 0 Å². The van der Waals surface area contributed by atoms with Crippen LogP contribution < -0.4 is 11.5 Å². The Balaban J connectivity index is 1.63. The first kappa shape index (κ1) is 20.4. The molecule has 2 aromatic rings. The highest BCUT2D eigenvalue weighted by atomic mass is 16.8. The number of aromatic nitrogens is 4. The molecular formula is C19H31N7O3. The van der Waals surface area contributed by atoms with Crippen molar-refractivity contribution in [2.45, 2.75) is 58.0 Å². The minimum absolute atomic E-state index is 0.159. The molecule has 0 spiro atoms. The number of nitrogen functional groups attached to an aromatic ring is 1. The fourth-order valence-electron chi connectivity index (χ4n) is 4.30. The van der Waals surface area contributed by atoms with Crippen LogP contribution in [0.2, 0.25) is 0 Å². The molecule has 4 rings (SSSR count). The van der Waals surface area contributed by atoms with Gasteiger partial charge in [0.1, 0.15) is 30.2 Å². The van der Waals surface area contributed by atoms with Crippen LogP contribution in [-0.4, -0.2) is 74.7 Å². The van der Waals surface area contributed by atoms with Gasteiger partial charge in [-0.15, -0.1) is 0 Å². The maximum absolute atomic E-state index is 6.46. The second-order valence-corrected chi connectivity index (χ2v) is 8.65. The zero-order valence-electron chi connectivity index (χ0n) is 17.5. The van der Waals surface area contributed by atoms with Crippen LogP contribution in [0.1, 0.15) is 33.9 Å². The first-order chi connectivity index (χ1) is 13.8. The molecule has 4 heterocycles. The summed E-state index contributed by atoms with van der Waals surface area (Å²) < 4.78 is 20.8. The minimum Gasteiger partial charge on any atom is -0.382 e. The minimum atomic E-state index is -0.684. The molecule has 29 heavy (non-hydrogen) atoms.